The average molecular weight is 504 g/mol. The van der Waals surface area contributed by atoms with Crippen molar-refractivity contribution >= 4 is 28.6 Å². The van der Waals surface area contributed by atoms with Crippen molar-refractivity contribution in [2.24, 2.45) is 11.3 Å². The summed E-state index contributed by atoms with van der Waals surface area (Å²) in [6.45, 7) is 8.79. The zero-order valence-electron chi connectivity index (χ0n) is 21.2. The van der Waals surface area contributed by atoms with Crippen molar-refractivity contribution in [3.05, 3.63) is 47.5 Å². The number of hydrogen-bond acceptors (Lipinski definition) is 5. The molecule has 6 nitrogen and oxygen atoms in total. The molecule has 0 unspecified atom stereocenters. The number of benzene rings is 2. The van der Waals surface area contributed by atoms with Crippen LogP contribution in [0.3, 0.4) is 0 Å². The Bertz CT molecular complexity index is 1250. The number of anilines is 2. The standard InChI is InChI=1S/C27H32F3N3O3/c1-16-10-20(15-26(3,4)14-16)33-23-11-17(2)18(13-24(34)35-5)12-22(23)32-25(33)31-19-6-8-21(9-7-19)36-27(28,29)30/h6-9,11-12,16,20H,10,13-15H2,1-5H3,(H,31,32)/t16-,20+/m0/s1. The highest BCUT2D eigenvalue weighted by Crippen LogP contribution is 2.46. The van der Waals surface area contributed by atoms with Gasteiger partial charge in [-0.3, -0.25) is 4.79 Å². The van der Waals surface area contributed by atoms with Crippen LogP contribution in [0.25, 0.3) is 11.0 Å². The SMILES string of the molecule is COC(=O)Cc1cc2nc(Nc3ccc(OC(F)(F)F)cc3)n([C@@H]3C[C@H](C)CC(C)(C)C3)c2cc1C. The fourth-order valence-corrected chi connectivity index (χ4v) is 5.53. The summed E-state index contributed by atoms with van der Waals surface area (Å²) in [5.41, 5.74) is 4.27. The van der Waals surface area contributed by atoms with Gasteiger partial charge in [0.15, 0.2) is 0 Å². The highest BCUT2D eigenvalue weighted by molar-refractivity contribution is 5.83. The van der Waals surface area contributed by atoms with Gasteiger partial charge in [-0.1, -0.05) is 20.8 Å². The van der Waals surface area contributed by atoms with Crippen LogP contribution in [0, 0.1) is 18.3 Å². The van der Waals surface area contributed by atoms with E-state index >= 15 is 0 Å². The third kappa shape index (κ3) is 5.94. The molecule has 2 atom stereocenters. The molecule has 0 aliphatic heterocycles. The minimum atomic E-state index is -4.74. The Labute approximate surface area is 208 Å². The molecule has 1 aliphatic rings. The van der Waals surface area contributed by atoms with E-state index in [0.717, 1.165) is 41.4 Å². The van der Waals surface area contributed by atoms with Gasteiger partial charge in [0.2, 0.25) is 5.95 Å². The minimum absolute atomic E-state index is 0.155. The number of rotatable bonds is 6. The molecule has 0 bridgehead atoms. The monoisotopic (exact) mass is 503 g/mol. The zero-order chi connectivity index (χ0) is 26.3. The lowest BCUT2D eigenvalue weighted by atomic mass is 9.70. The van der Waals surface area contributed by atoms with Gasteiger partial charge >= 0.3 is 12.3 Å². The van der Waals surface area contributed by atoms with Crippen LogP contribution in [0.1, 0.15) is 57.2 Å². The van der Waals surface area contributed by atoms with Gasteiger partial charge in [0.1, 0.15) is 5.75 Å². The van der Waals surface area contributed by atoms with E-state index in [1.807, 2.05) is 13.0 Å². The Morgan fingerprint density at radius 1 is 1.19 bits per heavy atom. The number of carbonyl (C=O) groups excluding carboxylic acids is 1. The predicted octanol–water partition coefficient (Wildman–Crippen LogP) is 7.09. The molecule has 1 aliphatic carbocycles. The molecule has 1 fully saturated rings. The van der Waals surface area contributed by atoms with Crippen LogP contribution in [-0.4, -0.2) is 29.0 Å². The largest absolute Gasteiger partial charge is 0.573 e. The molecule has 4 rings (SSSR count). The van der Waals surface area contributed by atoms with Gasteiger partial charge in [-0.25, -0.2) is 4.98 Å². The number of hydrogen-bond donors (Lipinski definition) is 1. The molecule has 1 saturated carbocycles. The number of alkyl halides is 3. The summed E-state index contributed by atoms with van der Waals surface area (Å²) in [7, 11) is 1.37. The molecule has 9 heteroatoms. The average Bonchev–Trinajstić information content (AvgIpc) is 3.09. The van der Waals surface area contributed by atoms with Crippen LogP contribution in [0.4, 0.5) is 24.8 Å². The third-order valence-corrected chi connectivity index (χ3v) is 6.78. The Balaban J connectivity index is 1.75. The van der Waals surface area contributed by atoms with Crippen molar-refractivity contribution in [3.8, 4) is 5.75 Å². The number of ether oxygens (including phenoxy) is 2. The molecule has 0 spiro atoms. The van der Waals surface area contributed by atoms with Crippen molar-refractivity contribution in [1.29, 1.82) is 0 Å². The number of methoxy groups -OCH3 is 1. The van der Waals surface area contributed by atoms with Crippen molar-refractivity contribution in [2.75, 3.05) is 12.4 Å². The number of imidazole rings is 1. The van der Waals surface area contributed by atoms with E-state index in [2.05, 4.69) is 41.5 Å². The molecule has 1 aromatic heterocycles. The summed E-state index contributed by atoms with van der Waals surface area (Å²) >= 11 is 0. The van der Waals surface area contributed by atoms with Crippen molar-refractivity contribution in [3.63, 3.8) is 0 Å². The number of carbonyl (C=O) groups is 1. The highest BCUT2D eigenvalue weighted by atomic mass is 19.4. The first-order valence-corrected chi connectivity index (χ1v) is 12.0. The maximum absolute atomic E-state index is 12.5. The molecule has 0 saturated heterocycles. The summed E-state index contributed by atoms with van der Waals surface area (Å²) in [6, 6.07) is 9.77. The molecule has 3 aromatic rings. The van der Waals surface area contributed by atoms with Crippen molar-refractivity contribution < 1.29 is 27.4 Å². The number of aromatic nitrogens is 2. The van der Waals surface area contributed by atoms with Gasteiger partial charge in [0, 0.05) is 11.7 Å². The number of aryl methyl sites for hydroxylation is 1. The van der Waals surface area contributed by atoms with E-state index in [4.69, 9.17) is 9.72 Å². The molecular weight excluding hydrogens is 471 g/mol. The lowest BCUT2D eigenvalue weighted by Gasteiger charge is -2.40. The van der Waals surface area contributed by atoms with Gasteiger partial charge < -0.3 is 19.4 Å². The second-order valence-corrected chi connectivity index (χ2v) is 10.6. The van der Waals surface area contributed by atoms with Crippen LogP contribution in [0.2, 0.25) is 0 Å². The molecular formula is C27H32F3N3O3. The van der Waals surface area contributed by atoms with Gasteiger partial charge in [-0.05, 0) is 85.0 Å². The number of fused-ring (bicyclic) bond motifs is 1. The van der Waals surface area contributed by atoms with Crippen LogP contribution >= 0.6 is 0 Å². The molecule has 1 N–H and O–H groups in total. The van der Waals surface area contributed by atoms with E-state index < -0.39 is 6.36 Å². The molecule has 36 heavy (non-hydrogen) atoms. The summed E-state index contributed by atoms with van der Waals surface area (Å²) in [5, 5.41) is 3.31. The van der Waals surface area contributed by atoms with Crippen molar-refractivity contribution in [1.82, 2.24) is 9.55 Å². The number of halogens is 3. The Morgan fingerprint density at radius 2 is 1.89 bits per heavy atom. The van der Waals surface area contributed by atoms with Gasteiger partial charge in [0.25, 0.3) is 0 Å². The number of nitrogens with zero attached hydrogens (tertiary/aromatic N) is 2. The molecule has 194 valence electrons. The van der Waals surface area contributed by atoms with E-state index in [1.165, 1.54) is 31.4 Å². The topological polar surface area (TPSA) is 65.4 Å². The summed E-state index contributed by atoms with van der Waals surface area (Å²) in [6.07, 6.45) is -1.49. The van der Waals surface area contributed by atoms with Gasteiger partial charge in [-0.2, -0.15) is 0 Å². The lowest BCUT2D eigenvalue weighted by Crippen LogP contribution is -2.29. The van der Waals surface area contributed by atoms with Gasteiger partial charge in [-0.15, -0.1) is 13.2 Å². The Morgan fingerprint density at radius 3 is 2.50 bits per heavy atom. The van der Waals surface area contributed by atoms with Crippen LogP contribution in [0.5, 0.6) is 5.75 Å². The summed E-state index contributed by atoms with van der Waals surface area (Å²) in [4.78, 5) is 16.8. The van der Waals surface area contributed by atoms with Crippen molar-refractivity contribution in [2.45, 2.75) is 65.8 Å². The fraction of sp³-hybridized carbons (Fsp3) is 0.481. The Kier molecular flexibility index (Phi) is 6.94. The quantitative estimate of drug-likeness (QED) is 0.364. The number of esters is 1. The molecule has 0 radical (unpaired) electrons. The van der Waals surface area contributed by atoms with Crippen LogP contribution in [-0.2, 0) is 16.0 Å². The fourth-order valence-electron chi connectivity index (χ4n) is 5.53. The van der Waals surface area contributed by atoms with E-state index in [-0.39, 0.29) is 29.6 Å². The molecule has 2 aromatic carbocycles. The van der Waals surface area contributed by atoms with Crippen LogP contribution < -0.4 is 10.1 Å². The van der Waals surface area contributed by atoms with E-state index in [0.29, 0.717) is 17.6 Å². The lowest BCUT2D eigenvalue weighted by molar-refractivity contribution is -0.274. The maximum Gasteiger partial charge on any atom is 0.573 e. The summed E-state index contributed by atoms with van der Waals surface area (Å²) in [5.74, 6) is 0.535. The minimum Gasteiger partial charge on any atom is -0.469 e. The first-order valence-electron chi connectivity index (χ1n) is 12.0. The van der Waals surface area contributed by atoms with Gasteiger partial charge in [0.05, 0.1) is 24.6 Å². The highest BCUT2D eigenvalue weighted by Gasteiger charge is 2.35. The second kappa shape index (κ2) is 9.67. The Hall–Kier alpha value is -3.23. The first kappa shape index (κ1) is 25.9. The molecule has 1 heterocycles. The zero-order valence-corrected chi connectivity index (χ0v) is 21.2. The smallest absolute Gasteiger partial charge is 0.469 e. The first-order chi connectivity index (χ1) is 16.8. The summed E-state index contributed by atoms with van der Waals surface area (Å²) < 4.78 is 48.7. The third-order valence-electron chi connectivity index (χ3n) is 6.78. The predicted molar refractivity (Wildman–Crippen MR) is 132 cm³/mol. The number of nitrogens with one attached hydrogen (secondary N) is 1. The second-order valence-electron chi connectivity index (χ2n) is 10.6. The maximum atomic E-state index is 12.5. The van der Waals surface area contributed by atoms with E-state index in [9.17, 15) is 18.0 Å². The van der Waals surface area contributed by atoms with E-state index in [1.54, 1.807) is 0 Å². The molecule has 0 amide bonds. The normalized spacial score (nSPS) is 19.8. The van der Waals surface area contributed by atoms with Crippen LogP contribution in [0.15, 0.2) is 36.4 Å².